The highest BCUT2D eigenvalue weighted by molar-refractivity contribution is 6.09. The minimum atomic E-state index is -0.848. The second-order valence-corrected chi connectivity index (χ2v) is 6.41. The summed E-state index contributed by atoms with van der Waals surface area (Å²) in [6.45, 7) is 1.90. The van der Waals surface area contributed by atoms with Crippen molar-refractivity contribution in [3.63, 3.8) is 0 Å². The average Bonchev–Trinajstić information content (AvgIpc) is 3.34. The second-order valence-electron chi connectivity index (χ2n) is 6.41. The molecule has 1 aliphatic heterocycles. The van der Waals surface area contributed by atoms with Crippen molar-refractivity contribution in [3.05, 3.63) is 30.1 Å². The molecule has 122 valence electrons. The number of amides is 4. The third-order valence-corrected chi connectivity index (χ3v) is 4.56. The van der Waals surface area contributed by atoms with E-state index in [0.29, 0.717) is 6.54 Å². The zero-order valence-corrected chi connectivity index (χ0v) is 13.3. The zero-order chi connectivity index (χ0) is 16.6. The van der Waals surface area contributed by atoms with Crippen molar-refractivity contribution in [1.29, 1.82) is 0 Å². The van der Waals surface area contributed by atoms with Gasteiger partial charge < -0.3 is 10.2 Å². The average molecular weight is 316 g/mol. The molecule has 0 bridgehead atoms. The Balaban J connectivity index is 1.63. The summed E-state index contributed by atoms with van der Waals surface area (Å²) < 4.78 is 0. The first-order chi connectivity index (χ1) is 10.9. The number of carbonyl (C=O) groups is 3. The van der Waals surface area contributed by atoms with Gasteiger partial charge >= 0.3 is 6.03 Å². The molecule has 0 aromatic carbocycles. The van der Waals surface area contributed by atoms with Gasteiger partial charge in [-0.3, -0.25) is 19.5 Å². The van der Waals surface area contributed by atoms with Crippen LogP contribution in [0.25, 0.3) is 0 Å². The maximum atomic E-state index is 12.5. The molecule has 1 unspecified atom stereocenters. The summed E-state index contributed by atoms with van der Waals surface area (Å²) in [5.74, 6) is -0.391. The van der Waals surface area contributed by atoms with E-state index in [9.17, 15) is 14.4 Å². The quantitative estimate of drug-likeness (QED) is 0.813. The molecule has 3 rings (SSSR count). The Morgan fingerprint density at radius 2 is 2.22 bits per heavy atom. The Kier molecular flexibility index (Phi) is 3.79. The third-order valence-electron chi connectivity index (χ3n) is 4.56. The van der Waals surface area contributed by atoms with E-state index in [2.05, 4.69) is 10.3 Å². The molecule has 7 heteroatoms. The van der Waals surface area contributed by atoms with E-state index in [-0.39, 0.29) is 24.3 Å². The molecule has 1 atom stereocenters. The van der Waals surface area contributed by atoms with Crippen LogP contribution in [0.4, 0.5) is 4.79 Å². The Bertz CT molecular complexity index is 644. The van der Waals surface area contributed by atoms with E-state index in [1.165, 1.54) is 4.90 Å². The summed E-state index contributed by atoms with van der Waals surface area (Å²) in [5, 5.41) is 2.74. The minimum absolute atomic E-state index is 0.187. The highest BCUT2D eigenvalue weighted by atomic mass is 16.2. The number of nitrogens with zero attached hydrogens (tertiary/aromatic N) is 3. The van der Waals surface area contributed by atoms with Crippen LogP contribution in [0, 0.1) is 5.92 Å². The van der Waals surface area contributed by atoms with E-state index in [4.69, 9.17) is 0 Å². The number of aromatic nitrogens is 1. The third kappa shape index (κ3) is 2.91. The van der Waals surface area contributed by atoms with E-state index in [0.717, 1.165) is 23.3 Å². The fourth-order valence-corrected chi connectivity index (χ4v) is 2.91. The molecule has 4 amide bonds. The van der Waals surface area contributed by atoms with Gasteiger partial charge in [0.1, 0.15) is 12.1 Å². The Morgan fingerprint density at radius 3 is 2.83 bits per heavy atom. The normalized spacial score (nSPS) is 23.8. The summed E-state index contributed by atoms with van der Waals surface area (Å²) in [7, 11) is 1.65. The number of likely N-dealkylation sites (N-methyl/N-ethyl adjacent to an activating group) is 1. The number of carbonyl (C=O) groups excluding carboxylic acids is 3. The van der Waals surface area contributed by atoms with Gasteiger partial charge in [-0.2, -0.15) is 0 Å². The number of hydrogen-bond donors (Lipinski definition) is 1. The van der Waals surface area contributed by atoms with E-state index in [1.54, 1.807) is 32.4 Å². The van der Waals surface area contributed by atoms with Crippen molar-refractivity contribution in [2.45, 2.75) is 31.8 Å². The minimum Gasteiger partial charge on any atom is -0.340 e. The largest absolute Gasteiger partial charge is 0.340 e. The van der Waals surface area contributed by atoms with Gasteiger partial charge in [-0.15, -0.1) is 0 Å². The summed E-state index contributed by atoms with van der Waals surface area (Å²) >= 11 is 0. The number of hydrogen-bond acceptors (Lipinski definition) is 4. The molecule has 7 nitrogen and oxygen atoms in total. The van der Waals surface area contributed by atoms with Crippen LogP contribution < -0.4 is 5.32 Å². The highest BCUT2D eigenvalue weighted by Gasteiger charge is 2.56. The van der Waals surface area contributed by atoms with Crippen molar-refractivity contribution in [2.24, 2.45) is 5.92 Å². The molecule has 0 radical (unpaired) electrons. The van der Waals surface area contributed by atoms with Crippen LogP contribution in [0.1, 0.15) is 25.3 Å². The molecule has 2 aliphatic rings. The molecule has 1 aliphatic carbocycles. The SMILES string of the molecule is CN(Cc1cccnc1)C(=O)CN1C(=O)NC(C)(C2CC2)C1=O. The van der Waals surface area contributed by atoms with Crippen LogP contribution in [0.15, 0.2) is 24.5 Å². The van der Waals surface area contributed by atoms with Crippen LogP contribution in [0.3, 0.4) is 0 Å². The first-order valence-electron chi connectivity index (χ1n) is 7.69. The van der Waals surface area contributed by atoms with Gasteiger partial charge in [-0.05, 0) is 37.3 Å². The van der Waals surface area contributed by atoms with E-state index in [1.807, 2.05) is 6.07 Å². The van der Waals surface area contributed by atoms with Crippen LogP contribution in [-0.2, 0) is 16.1 Å². The Labute approximate surface area is 134 Å². The zero-order valence-electron chi connectivity index (χ0n) is 13.3. The highest BCUT2D eigenvalue weighted by Crippen LogP contribution is 2.42. The number of nitrogens with one attached hydrogen (secondary N) is 1. The van der Waals surface area contributed by atoms with Gasteiger partial charge in [-0.25, -0.2) is 4.79 Å². The first kappa shape index (κ1) is 15.5. The molecule has 1 aromatic heterocycles. The molecule has 1 N–H and O–H groups in total. The molecule has 1 aromatic rings. The van der Waals surface area contributed by atoms with E-state index < -0.39 is 11.6 Å². The lowest BCUT2D eigenvalue weighted by Gasteiger charge is -2.22. The Hall–Kier alpha value is -2.44. The molecule has 2 fully saturated rings. The monoisotopic (exact) mass is 316 g/mol. The fourth-order valence-electron chi connectivity index (χ4n) is 2.91. The lowest BCUT2D eigenvalue weighted by Crippen LogP contribution is -2.47. The molecule has 1 saturated carbocycles. The topological polar surface area (TPSA) is 82.6 Å². The van der Waals surface area contributed by atoms with Crippen molar-refractivity contribution in [3.8, 4) is 0 Å². The molecule has 2 heterocycles. The van der Waals surface area contributed by atoms with E-state index >= 15 is 0 Å². The lowest BCUT2D eigenvalue weighted by molar-refractivity contribution is -0.138. The predicted molar refractivity (Wildman–Crippen MR) is 82.1 cm³/mol. The van der Waals surface area contributed by atoms with Crippen LogP contribution in [0.2, 0.25) is 0 Å². The van der Waals surface area contributed by atoms with Crippen LogP contribution in [0.5, 0.6) is 0 Å². The fraction of sp³-hybridized carbons (Fsp3) is 0.500. The van der Waals surface area contributed by atoms with Crippen molar-refractivity contribution in [1.82, 2.24) is 20.1 Å². The van der Waals surface area contributed by atoms with Gasteiger partial charge in [0.2, 0.25) is 5.91 Å². The van der Waals surface area contributed by atoms with Gasteiger partial charge in [0, 0.05) is 26.0 Å². The molecule has 23 heavy (non-hydrogen) atoms. The molecule has 0 spiro atoms. The van der Waals surface area contributed by atoms with Crippen molar-refractivity contribution < 1.29 is 14.4 Å². The lowest BCUT2D eigenvalue weighted by atomic mass is 9.96. The second kappa shape index (κ2) is 5.64. The smallest absolute Gasteiger partial charge is 0.325 e. The summed E-state index contributed by atoms with van der Waals surface area (Å²) in [6.07, 6.45) is 5.22. The van der Waals surface area contributed by atoms with Gasteiger partial charge in [0.15, 0.2) is 0 Å². The summed E-state index contributed by atoms with van der Waals surface area (Å²) in [6, 6.07) is 3.19. The standard InChI is InChI=1S/C16H20N4O3/c1-16(12-5-6-12)14(22)20(15(23)18-16)10-13(21)19(2)9-11-4-3-7-17-8-11/h3-4,7-8,12H,5-6,9-10H2,1-2H3,(H,18,23). The first-order valence-corrected chi connectivity index (χ1v) is 7.69. The number of urea groups is 1. The van der Waals surface area contributed by atoms with Gasteiger partial charge in [-0.1, -0.05) is 6.07 Å². The molecule has 1 saturated heterocycles. The van der Waals surface area contributed by atoms with Crippen molar-refractivity contribution >= 4 is 17.8 Å². The maximum absolute atomic E-state index is 12.5. The number of pyridine rings is 1. The van der Waals surface area contributed by atoms with Gasteiger partial charge in [0.05, 0.1) is 0 Å². The van der Waals surface area contributed by atoms with Crippen molar-refractivity contribution in [2.75, 3.05) is 13.6 Å². The predicted octanol–water partition coefficient (Wildman–Crippen LogP) is 0.760. The Morgan fingerprint density at radius 1 is 1.48 bits per heavy atom. The molecular formula is C16H20N4O3. The van der Waals surface area contributed by atoms with Gasteiger partial charge in [0.25, 0.3) is 5.91 Å². The van der Waals surface area contributed by atoms with Crippen LogP contribution in [-0.4, -0.2) is 51.8 Å². The maximum Gasteiger partial charge on any atom is 0.325 e. The van der Waals surface area contributed by atoms with Crippen LogP contribution >= 0.6 is 0 Å². The summed E-state index contributed by atoms with van der Waals surface area (Å²) in [5.41, 5.74) is 0.0441. The number of imide groups is 1. The summed E-state index contributed by atoms with van der Waals surface area (Å²) in [4.78, 5) is 43.4. The number of rotatable bonds is 5. The molecular weight excluding hydrogens is 296 g/mol.